The van der Waals surface area contributed by atoms with E-state index in [9.17, 15) is 0 Å². The van der Waals surface area contributed by atoms with Gasteiger partial charge in [0.05, 0.1) is 5.69 Å². The predicted octanol–water partition coefficient (Wildman–Crippen LogP) is 3.15. The van der Waals surface area contributed by atoms with Gasteiger partial charge in [0.1, 0.15) is 0 Å². The summed E-state index contributed by atoms with van der Waals surface area (Å²) < 4.78 is 2.21. The molecular weight excluding hydrogens is 186 g/mol. The first-order valence-corrected chi connectivity index (χ1v) is 5.59. The molecule has 1 aromatic heterocycles. The van der Waals surface area contributed by atoms with Crippen molar-refractivity contribution in [1.82, 2.24) is 9.55 Å². The second-order valence-corrected chi connectivity index (χ2v) is 3.92. The van der Waals surface area contributed by atoms with Gasteiger partial charge in [0, 0.05) is 18.8 Å². The molecule has 3 heteroatoms. The van der Waals surface area contributed by atoms with Gasteiger partial charge in [-0.05, 0) is 20.3 Å². The van der Waals surface area contributed by atoms with E-state index in [1.165, 1.54) is 12.8 Å². The van der Waals surface area contributed by atoms with Crippen LogP contribution in [-0.2, 0) is 0 Å². The Kier molecular flexibility index (Phi) is 4.40. The van der Waals surface area contributed by atoms with Crippen LogP contribution in [0.2, 0.25) is 0 Å². The molecule has 0 radical (unpaired) electrons. The van der Waals surface area contributed by atoms with Gasteiger partial charge in [0.25, 0.3) is 0 Å². The number of aromatic nitrogens is 2. The monoisotopic (exact) mass is 207 g/mol. The Morgan fingerprint density at radius 2 is 2.40 bits per heavy atom. The third kappa shape index (κ3) is 3.11. The molecule has 0 bridgehead atoms. The number of anilines is 1. The highest BCUT2D eigenvalue weighted by atomic mass is 15.2. The average Bonchev–Trinajstić information content (AvgIpc) is 2.57. The molecule has 1 heterocycles. The standard InChI is InChI=1S/C12H21N3/c1-5-7-11(4)15-9-10(3)14-12(15)13-8-6-2/h6,9,11H,2,5,7-8H2,1,3-4H3,(H,13,14). The van der Waals surface area contributed by atoms with Crippen molar-refractivity contribution in [1.29, 1.82) is 0 Å². The second-order valence-electron chi connectivity index (χ2n) is 3.92. The predicted molar refractivity (Wildman–Crippen MR) is 65.3 cm³/mol. The van der Waals surface area contributed by atoms with Crippen LogP contribution in [0, 0.1) is 6.92 Å². The number of nitrogens with zero attached hydrogens (tertiary/aromatic N) is 2. The van der Waals surface area contributed by atoms with E-state index in [1.807, 2.05) is 13.0 Å². The molecule has 0 fully saturated rings. The van der Waals surface area contributed by atoms with Crippen LogP contribution in [0.25, 0.3) is 0 Å². The summed E-state index contributed by atoms with van der Waals surface area (Å²) in [6, 6.07) is 0.503. The summed E-state index contributed by atoms with van der Waals surface area (Å²) in [4.78, 5) is 4.46. The first-order valence-electron chi connectivity index (χ1n) is 5.59. The van der Waals surface area contributed by atoms with Crippen molar-refractivity contribution >= 4 is 5.95 Å². The maximum absolute atomic E-state index is 4.46. The Balaban J connectivity index is 2.79. The van der Waals surface area contributed by atoms with Gasteiger partial charge in [0.15, 0.2) is 0 Å². The fourth-order valence-corrected chi connectivity index (χ4v) is 1.70. The first kappa shape index (κ1) is 11.8. The smallest absolute Gasteiger partial charge is 0.203 e. The maximum atomic E-state index is 4.46. The lowest BCUT2D eigenvalue weighted by Crippen LogP contribution is -2.10. The van der Waals surface area contributed by atoms with E-state index in [2.05, 4.69) is 41.5 Å². The summed E-state index contributed by atoms with van der Waals surface area (Å²) in [6.07, 6.45) is 6.32. The molecule has 1 aromatic rings. The highest BCUT2D eigenvalue weighted by molar-refractivity contribution is 5.30. The molecule has 15 heavy (non-hydrogen) atoms. The van der Waals surface area contributed by atoms with E-state index >= 15 is 0 Å². The van der Waals surface area contributed by atoms with Gasteiger partial charge < -0.3 is 9.88 Å². The van der Waals surface area contributed by atoms with Crippen molar-refractivity contribution in [3.8, 4) is 0 Å². The minimum absolute atomic E-state index is 0.503. The van der Waals surface area contributed by atoms with Gasteiger partial charge in [-0.2, -0.15) is 0 Å². The van der Waals surface area contributed by atoms with Crippen molar-refractivity contribution in [2.24, 2.45) is 0 Å². The van der Waals surface area contributed by atoms with Crippen LogP contribution in [0.15, 0.2) is 18.9 Å². The zero-order chi connectivity index (χ0) is 11.3. The fourth-order valence-electron chi connectivity index (χ4n) is 1.70. The van der Waals surface area contributed by atoms with Crippen molar-refractivity contribution in [2.45, 2.75) is 39.7 Å². The molecule has 0 aliphatic rings. The van der Waals surface area contributed by atoms with Gasteiger partial charge in [-0.1, -0.05) is 19.4 Å². The van der Waals surface area contributed by atoms with Crippen LogP contribution in [0.4, 0.5) is 5.95 Å². The third-order valence-electron chi connectivity index (χ3n) is 2.44. The van der Waals surface area contributed by atoms with E-state index < -0.39 is 0 Å². The molecule has 0 spiro atoms. The second kappa shape index (κ2) is 5.59. The summed E-state index contributed by atoms with van der Waals surface area (Å²) in [5.41, 5.74) is 1.06. The van der Waals surface area contributed by atoms with Crippen molar-refractivity contribution in [2.75, 3.05) is 11.9 Å². The molecule has 1 atom stereocenters. The van der Waals surface area contributed by atoms with Gasteiger partial charge in [0.2, 0.25) is 5.95 Å². The summed E-state index contributed by atoms with van der Waals surface area (Å²) in [5.74, 6) is 0.952. The number of hydrogen-bond donors (Lipinski definition) is 1. The first-order chi connectivity index (χ1) is 7.19. The molecule has 84 valence electrons. The number of nitrogens with one attached hydrogen (secondary N) is 1. The molecule has 0 amide bonds. The fraction of sp³-hybridized carbons (Fsp3) is 0.583. The van der Waals surface area contributed by atoms with Crippen LogP contribution in [0.1, 0.15) is 38.4 Å². The van der Waals surface area contributed by atoms with Crippen LogP contribution < -0.4 is 5.32 Å². The number of rotatable bonds is 6. The molecule has 3 nitrogen and oxygen atoms in total. The molecular formula is C12H21N3. The maximum Gasteiger partial charge on any atom is 0.203 e. The van der Waals surface area contributed by atoms with Crippen molar-refractivity contribution in [3.05, 3.63) is 24.5 Å². The lowest BCUT2D eigenvalue weighted by molar-refractivity contribution is 0.504. The van der Waals surface area contributed by atoms with E-state index in [1.54, 1.807) is 0 Å². The normalized spacial score (nSPS) is 12.5. The van der Waals surface area contributed by atoms with Gasteiger partial charge in [-0.25, -0.2) is 4.98 Å². The Morgan fingerprint density at radius 3 is 3.00 bits per heavy atom. The summed E-state index contributed by atoms with van der Waals surface area (Å²) >= 11 is 0. The molecule has 0 aliphatic heterocycles. The Bertz CT molecular complexity index is 315. The van der Waals surface area contributed by atoms with Gasteiger partial charge in [-0.3, -0.25) is 0 Å². The minimum Gasteiger partial charge on any atom is -0.352 e. The summed E-state index contributed by atoms with van der Waals surface area (Å²) in [5, 5.41) is 3.26. The molecule has 0 saturated heterocycles. The molecule has 0 saturated carbocycles. The quantitative estimate of drug-likeness (QED) is 0.726. The highest BCUT2D eigenvalue weighted by Crippen LogP contribution is 2.19. The zero-order valence-electron chi connectivity index (χ0n) is 9.95. The van der Waals surface area contributed by atoms with Crippen molar-refractivity contribution in [3.63, 3.8) is 0 Å². The van der Waals surface area contributed by atoms with Gasteiger partial charge >= 0.3 is 0 Å². The van der Waals surface area contributed by atoms with Crippen molar-refractivity contribution < 1.29 is 0 Å². The number of imidazole rings is 1. The lowest BCUT2D eigenvalue weighted by atomic mass is 10.2. The number of hydrogen-bond acceptors (Lipinski definition) is 2. The Morgan fingerprint density at radius 1 is 1.67 bits per heavy atom. The van der Waals surface area contributed by atoms with E-state index in [0.29, 0.717) is 6.04 Å². The molecule has 0 aliphatic carbocycles. The van der Waals surface area contributed by atoms with E-state index in [4.69, 9.17) is 0 Å². The van der Waals surface area contributed by atoms with Crippen LogP contribution in [0.3, 0.4) is 0 Å². The molecule has 1 unspecified atom stereocenters. The summed E-state index contributed by atoms with van der Waals surface area (Å²) in [7, 11) is 0. The van der Waals surface area contributed by atoms with E-state index in [-0.39, 0.29) is 0 Å². The molecule has 1 N–H and O–H groups in total. The van der Waals surface area contributed by atoms with Crippen LogP contribution in [0.5, 0.6) is 0 Å². The van der Waals surface area contributed by atoms with Crippen LogP contribution >= 0.6 is 0 Å². The minimum atomic E-state index is 0.503. The third-order valence-corrected chi connectivity index (χ3v) is 2.44. The Hall–Kier alpha value is -1.25. The van der Waals surface area contributed by atoms with E-state index in [0.717, 1.165) is 18.2 Å². The largest absolute Gasteiger partial charge is 0.352 e. The SMILES string of the molecule is C=CCNc1nc(C)cn1C(C)CCC. The molecule has 1 rings (SSSR count). The molecule has 0 aromatic carbocycles. The van der Waals surface area contributed by atoms with Gasteiger partial charge in [-0.15, -0.1) is 6.58 Å². The van der Waals surface area contributed by atoms with Crippen LogP contribution in [-0.4, -0.2) is 16.1 Å². The Labute approximate surface area is 92.2 Å². The lowest BCUT2D eigenvalue weighted by Gasteiger charge is -2.15. The number of aryl methyl sites for hydroxylation is 1. The zero-order valence-corrected chi connectivity index (χ0v) is 9.95. The highest BCUT2D eigenvalue weighted by Gasteiger charge is 2.09. The topological polar surface area (TPSA) is 29.9 Å². The average molecular weight is 207 g/mol. The summed E-state index contributed by atoms with van der Waals surface area (Å²) in [6.45, 7) is 10.9.